The predicted octanol–water partition coefficient (Wildman–Crippen LogP) is 2.46. The monoisotopic (exact) mass is 476 g/mol. The van der Waals surface area contributed by atoms with E-state index in [0.29, 0.717) is 37.7 Å². The second-order valence-corrected chi connectivity index (χ2v) is 10.0. The van der Waals surface area contributed by atoms with Gasteiger partial charge >= 0.3 is 0 Å². The van der Waals surface area contributed by atoms with Crippen molar-refractivity contribution in [2.45, 2.75) is 43.9 Å². The molecule has 170 valence electrons. The molecule has 1 aromatic carbocycles. The minimum atomic E-state index is -3.77. The molecule has 0 fully saturated rings. The number of halogens is 1. The molecular weight excluding hydrogens is 452 g/mol. The largest absolute Gasteiger partial charge is 0.372 e. The smallest absolute Gasteiger partial charge is 0.242 e. The fourth-order valence-corrected chi connectivity index (χ4v) is 5.09. The van der Waals surface area contributed by atoms with Crippen LogP contribution in [0.1, 0.15) is 29.3 Å². The molecule has 0 aliphatic carbocycles. The number of anilines is 1. The van der Waals surface area contributed by atoms with Gasteiger partial charge in [0.15, 0.2) is 0 Å². The summed E-state index contributed by atoms with van der Waals surface area (Å²) < 4.78 is 35.1. The summed E-state index contributed by atoms with van der Waals surface area (Å²) in [4.78, 5) is 4.23. The summed E-state index contributed by atoms with van der Waals surface area (Å²) in [6.45, 7) is 3.72. The number of pyridine rings is 1. The van der Waals surface area contributed by atoms with Gasteiger partial charge in [0, 0.05) is 38.4 Å². The summed E-state index contributed by atoms with van der Waals surface area (Å²) in [6.07, 6.45) is 4.26. The number of aryl methyl sites for hydroxylation is 1. The average Bonchev–Trinajstić information content (AvgIpc) is 3.36. The lowest BCUT2D eigenvalue weighted by Crippen LogP contribution is -2.34. The van der Waals surface area contributed by atoms with Crippen molar-refractivity contribution < 1.29 is 13.2 Å². The Labute approximate surface area is 192 Å². The highest BCUT2D eigenvalue weighted by Crippen LogP contribution is 2.24. The van der Waals surface area contributed by atoms with Gasteiger partial charge in [0.2, 0.25) is 10.0 Å². The highest BCUT2D eigenvalue weighted by atomic mass is 35.5. The van der Waals surface area contributed by atoms with E-state index in [2.05, 4.69) is 43.5 Å². The van der Waals surface area contributed by atoms with E-state index in [1.807, 2.05) is 0 Å². The van der Waals surface area contributed by atoms with Crippen LogP contribution in [0.2, 0.25) is 5.02 Å². The van der Waals surface area contributed by atoms with E-state index in [1.54, 1.807) is 24.9 Å². The first-order valence-corrected chi connectivity index (χ1v) is 12.1. The highest BCUT2D eigenvalue weighted by molar-refractivity contribution is 7.89. The molecule has 2 aromatic heterocycles. The van der Waals surface area contributed by atoms with Crippen LogP contribution in [0.4, 0.5) is 5.82 Å². The van der Waals surface area contributed by atoms with Gasteiger partial charge in [-0.15, -0.1) is 5.10 Å². The Morgan fingerprint density at radius 1 is 1.25 bits per heavy atom. The van der Waals surface area contributed by atoms with Crippen LogP contribution in [0, 0.1) is 0 Å². The van der Waals surface area contributed by atoms with Gasteiger partial charge in [0.05, 0.1) is 23.9 Å². The van der Waals surface area contributed by atoms with Crippen LogP contribution in [-0.4, -0.2) is 41.0 Å². The number of nitrogens with one attached hydrogen (secondary N) is 2. The SMILES string of the molecule is C[C@H](Cc1cn(C)nn1)NS(=O)(=O)c1cnc(NCCc2ccc3c(c2)COC3)c(Cl)c1. The summed E-state index contributed by atoms with van der Waals surface area (Å²) in [5.41, 5.74) is 4.37. The number of rotatable bonds is 9. The van der Waals surface area contributed by atoms with Crippen LogP contribution in [0.3, 0.4) is 0 Å². The molecule has 0 unspecified atom stereocenters. The lowest BCUT2D eigenvalue weighted by molar-refractivity contribution is 0.134. The molecule has 3 heterocycles. The molecule has 32 heavy (non-hydrogen) atoms. The molecule has 0 radical (unpaired) electrons. The standard InChI is InChI=1S/C21H25ClN6O3S/c1-14(7-18-11-28(2)27-25-18)26-32(29,30)19-9-20(22)21(24-10-19)23-6-5-15-3-4-16-12-31-13-17(16)8-15/h3-4,8-11,14,26H,5-7,12-13H2,1-2H3,(H,23,24)/t14-/m1/s1. The number of hydrogen-bond acceptors (Lipinski definition) is 7. The second kappa shape index (κ2) is 9.53. The van der Waals surface area contributed by atoms with E-state index in [4.69, 9.17) is 16.3 Å². The van der Waals surface area contributed by atoms with Crippen molar-refractivity contribution in [3.8, 4) is 0 Å². The van der Waals surface area contributed by atoms with Crippen molar-refractivity contribution in [1.82, 2.24) is 24.7 Å². The van der Waals surface area contributed by atoms with Crippen LogP contribution < -0.4 is 10.0 Å². The molecular formula is C21H25ClN6O3S. The Bertz CT molecular complexity index is 1210. The number of hydrogen-bond donors (Lipinski definition) is 2. The predicted molar refractivity (Wildman–Crippen MR) is 121 cm³/mol. The quantitative estimate of drug-likeness (QED) is 0.488. The van der Waals surface area contributed by atoms with Gasteiger partial charge < -0.3 is 10.1 Å². The zero-order valence-electron chi connectivity index (χ0n) is 17.9. The van der Waals surface area contributed by atoms with Gasteiger partial charge in [-0.2, -0.15) is 0 Å². The third-order valence-corrected chi connectivity index (χ3v) is 6.98. The number of nitrogens with zero attached hydrogens (tertiary/aromatic N) is 4. The molecule has 0 amide bonds. The zero-order chi connectivity index (χ0) is 22.7. The summed E-state index contributed by atoms with van der Waals surface area (Å²) in [5.74, 6) is 0.447. The van der Waals surface area contributed by atoms with Crippen molar-refractivity contribution >= 4 is 27.4 Å². The zero-order valence-corrected chi connectivity index (χ0v) is 19.4. The highest BCUT2D eigenvalue weighted by Gasteiger charge is 2.20. The second-order valence-electron chi connectivity index (χ2n) is 7.88. The van der Waals surface area contributed by atoms with Gasteiger partial charge in [-0.3, -0.25) is 4.68 Å². The summed E-state index contributed by atoms with van der Waals surface area (Å²) >= 11 is 6.31. The van der Waals surface area contributed by atoms with Gasteiger partial charge in [-0.25, -0.2) is 18.1 Å². The third kappa shape index (κ3) is 5.44. The van der Waals surface area contributed by atoms with Gasteiger partial charge in [-0.1, -0.05) is 35.0 Å². The van der Waals surface area contributed by atoms with Crippen molar-refractivity contribution in [3.05, 3.63) is 64.1 Å². The Balaban J connectivity index is 1.34. The fourth-order valence-electron chi connectivity index (χ4n) is 3.58. The van der Waals surface area contributed by atoms with Crippen LogP contribution in [-0.2, 0) is 47.9 Å². The van der Waals surface area contributed by atoms with Crippen LogP contribution in [0.25, 0.3) is 0 Å². The Morgan fingerprint density at radius 2 is 2.06 bits per heavy atom. The molecule has 0 saturated heterocycles. The summed E-state index contributed by atoms with van der Waals surface area (Å²) in [6, 6.07) is 7.38. The minimum absolute atomic E-state index is 0.0117. The van der Waals surface area contributed by atoms with E-state index in [9.17, 15) is 8.42 Å². The number of ether oxygens (including phenoxy) is 1. The molecule has 0 bridgehead atoms. The van der Waals surface area contributed by atoms with Crippen molar-refractivity contribution in [2.24, 2.45) is 7.05 Å². The normalized spacial score (nSPS) is 14.3. The fraction of sp³-hybridized carbons (Fsp3) is 0.381. The molecule has 11 heteroatoms. The Morgan fingerprint density at radius 3 is 2.81 bits per heavy atom. The van der Waals surface area contributed by atoms with Gasteiger partial charge in [0.1, 0.15) is 10.7 Å². The molecule has 9 nitrogen and oxygen atoms in total. The van der Waals surface area contributed by atoms with Crippen LogP contribution in [0.15, 0.2) is 41.6 Å². The number of sulfonamides is 1. The molecule has 3 aromatic rings. The lowest BCUT2D eigenvalue weighted by Gasteiger charge is -2.14. The van der Waals surface area contributed by atoms with Crippen LogP contribution >= 0.6 is 11.6 Å². The number of benzene rings is 1. The van der Waals surface area contributed by atoms with E-state index >= 15 is 0 Å². The first-order chi connectivity index (χ1) is 15.3. The summed E-state index contributed by atoms with van der Waals surface area (Å²) in [7, 11) is -2.01. The molecule has 0 spiro atoms. The lowest BCUT2D eigenvalue weighted by atomic mass is 10.0. The van der Waals surface area contributed by atoms with Crippen LogP contribution in [0.5, 0.6) is 0 Å². The van der Waals surface area contributed by atoms with Crippen molar-refractivity contribution in [3.63, 3.8) is 0 Å². The maximum atomic E-state index is 12.7. The summed E-state index contributed by atoms with van der Waals surface area (Å²) in [5, 5.41) is 11.3. The Kier molecular flexibility index (Phi) is 6.75. The molecule has 1 atom stereocenters. The number of fused-ring (bicyclic) bond motifs is 1. The molecule has 4 rings (SSSR count). The first-order valence-electron chi connectivity index (χ1n) is 10.3. The molecule has 2 N–H and O–H groups in total. The van der Waals surface area contributed by atoms with Gasteiger partial charge in [0.25, 0.3) is 0 Å². The van der Waals surface area contributed by atoms with E-state index < -0.39 is 10.0 Å². The van der Waals surface area contributed by atoms with E-state index in [1.165, 1.54) is 29.0 Å². The molecule has 0 saturated carbocycles. The topological polar surface area (TPSA) is 111 Å². The van der Waals surface area contributed by atoms with E-state index in [-0.39, 0.29) is 16.0 Å². The minimum Gasteiger partial charge on any atom is -0.372 e. The number of aromatic nitrogens is 4. The van der Waals surface area contributed by atoms with E-state index in [0.717, 1.165) is 6.42 Å². The average molecular weight is 477 g/mol. The van der Waals surface area contributed by atoms with Gasteiger partial charge in [-0.05, 0) is 36.1 Å². The van der Waals surface area contributed by atoms with Crippen molar-refractivity contribution in [2.75, 3.05) is 11.9 Å². The molecule has 1 aliphatic rings. The third-order valence-electron chi connectivity index (χ3n) is 5.14. The maximum absolute atomic E-state index is 12.7. The first kappa shape index (κ1) is 22.7. The molecule has 1 aliphatic heterocycles. The Hall–Kier alpha value is -2.53. The van der Waals surface area contributed by atoms with Crippen molar-refractivity contribution in [1.29, 1.82) is 0 Å². The maximum Gasteiger partial charge on any atom is 0.242 e.